The summed E-state index contributed by atoms with van der Waals surface area (Å²) in [7, 11) is 1.91. The van der Waals surface area contributed by atoms with Gasteiger partial charge in [0.1, 0.15) is 17.2 Å². The first kappa shape index (κ1) is 36.0. The molecular weight excluding hydrogens is 687 g/mol. The first-order valence-corrected chi connectivity index (χ1v) is 17.8. The van der Waals surface area contributed by atoms with Gasteiger partial charge in [0, 0.05) is 59.0 Å². The molecule has 51 heavy (non-hydrogen) atoms. The largest absolute Gasteiger partial charge is 0.494 e. The average Bonchev–Trinajstić information content (AvgIpc) is 3.55. The summed E-state index contributed by atoms with van der Waals surface area (Å²) in [6.07, 6.45) is 1.18. The van der Waals surface area contributed by atoms with E-state index in [4.69, 9.17) is 38.4 Å². The average molecular weight is 730 g/mol. The lowest BCUT2D eigenvalue weighted by Gasteiger charge is -2.35. The van der Waals surface area contributed by atoms with Crippen molar-refractivity contribution in [2.45, 2.75) is 60.4 Å². The number of carboxylic acid groups (broad SMARTS) is 1. The van der Waals surface area contributed by atoms with Crippen LogP contribution in [0.2, 0.25) is 10.0 Å². The van der Waals surface area contributed by atoms with Crippen LogP contribution < -0.4 is 15.0 Å². The molecule has 0 fully saturated rings. The van der Waals surface area contributed by atoms with Crippen molar-refractivity contribution in [3.63, 3.8) is 0 Å². The Kier molecular flexibility index (Phi) is 9.94. The van der Waals surface area contributed by atoms with Gasteiger partial charge in [0.25, 0.3) is 5.91 Å². The number of ether oxygens (including phenoxy) is 1. The van der Waals surface area contributed by atoms with Crippen LogP contribution in [-0.4, -0.2) is 56.7 Å². The fourth-order valence-electron chi connectivity index (χ4n) is 7.39. The van der Waals surface area contributed by atoms with Crippen LogP contribution in [0.15, 0.2) is 42.5 Å². The standard InChI is InChI=1S/C39H42Cl2N6O4/c1-8-43-35-28(34(42)39(49)50)11-9-13-30(35)46-19-22(4)47-36-27(14-15-29(40)32(36)31-23(5)44-45(7)24(31)6)26(37(47)38(46)48)12-10-16-51-25-17-20(2)33(41)21(3)18-25/h9,11,13-15,17-18,22,42-43H,8,10,12,16,19H2,1-7H3,(H,49,50)/t22-/m1/s1. The van der Waals surface area contributed by atoms with Gasteiger partial charge in [-0.05, 0) is 95.3 Å². The molecule has 3 aromatic carbocycles. The Morgan fingerprint density at radius 1 is 1.10 bits per heavy atom. The number of aryl methyl sites for hydroxylation is 5. The van der Waals surface area contributed by atoms with E-state index < -0.39 is 11.7 Å². The maximum Gasteiger partial charge on any atom is 0.354 e. The van der Waals surface area contributed by atoms with Crippen molar-refractivity contribution in [1.29, 1.82) is 5.41 Å². The van der Waals surface area contributed by atoms with Gasteiger partial charge in [0.05, 0.1) is 34.2 Å². The van der Waals surface area contributed by atoms with E-state index in [0.29, 0.717) is 54.6 Å². The fourth-order valence-corrected chi connectivity index (χ4v) is 7.74. The molecule has 266 valence electrons. The zero-order chi connectivity index (χ0) is 36.9. The molecule has 1 atom stereocenters. The molecule has 3 heterocycles. The van der Waals surface area contributed by atoms with Gasteiger partial charge in [-0.1, -0.05) is 41.4 Å². The third-order valence-corrected chi connectivity index (χ3v) is 10.6. The van der Waals surface area contributed by atoms with Gasteiger partial charge in [0.2, 0.25) is 0 Å². The number of carbonyl (C=O) groups is 2. The molecule has 0 radical (unpaired) electrons. The van der Waals surface area contributed by atoms with Gasteiger partial charge in [-0.2, -0.15) is 5.10 Å². The number of para-hydroxylation sites is 1. The highest BCUT2D eigenvalue weighted by molar-refractivity contribution is 6.43. The number of nitrogens with one attached hydrogen (secondary N) is 2. The number of fused-ring (bicyclic) bond motifs is 3. The summed E-state index contributed by atoms with van der Waals surface area (Å²) in [5, 5.41) is 28.2. The number of anilines is 2. The second-order valence-electron chi connectivity index (χ2n) is 13.2. The highest BCUT2D eigenvalue weighted by Crippen LogP contribution is 2.46. The van der Waals surface area contributed by atoms with E-state index >= 15 is 0 Å². The van der Waals surface area contributed by atoms with E-state index in [2.05, 4.69) is 16.8 Å². The Labute approximate surface area is 307 Å². The quantitative estimate of drug-likeness (QED) is 0.0923. The highest BCUT2D eigenvalue weighted by Gasteiger charge is 2.38. The third-order valence-electron chi connectivity index (χ3n) is 9.73. The molecule has 1 aliphatic rings. The van der Waals surface area contributed by atoms with E-state index in [1.165, 1.54) is 0 Å². The van der Waals surface area contributed by atoms with Crippen molar-refractivity contribution in [2.24, 2.45) is 7.05 Å². The van der Waals surface area contributed by atoms with E-state index in [1.807, 2.05) is 70.6 Å². The molecule has 0 saturated carbocycles. The molecular formula is C39H42Cl2N6O4. The maximum absolute atomic E-state index is 15.0. The minimum Gasteiger partial charge on any atom is -0.494 e. The number of rotatable bonds is 11. The molecule has 0 aliphatic carbocycles. The predicted octanol–water partition coefficient (Wildman–Crippen LogP) is 8.70. The summed E-state index contributed by atoms with van der Waals surface area (Å²) in [5.74, 6) is -0.818. The van der Waals surface area contributed by atoms with Gasteiger partial charge in [-0.3, -0.25) is 14.9 Å². The molecule has 0 unspecified atom stereocenters. The monoisotopic (exact) mass is 728 g/mol. The number of halogens is 2. The summed E-state index contributed by atoms with van der Waals surface area (Å²) in [6, 6.07) is 12.6. The van der Waals surface area contributed by atoms with Crippen molar-refractivity contribution >= 4 is 63.1 Å². The van der Waals surface area contributed by atoms with Gasteiger partial charge < -0.3 is 24.6 Å². The Morgan fingerprint density at radius 2 is 1.80 bits per heavy atom. The van der Waals surface area contributed by atoms with E-state index in [1.54, 1.807) is 23.1 Å². The van der Waals surface area contributed by atoms with Crippen LogP contribution in [0.4, 0.5) is 11.4 Å². The summed E-state index contributed by atoms with van der Waals surface area (Å²) in [4.78, 5) is 28.6. The zero-order valence-electron chi connectivity index (χ0n) is 29.9. The Balaban J connectivity index is 1.51. The van der Waals surface area contributed by atoms with Crippen molar-refractivity contribution in [2.75, 3.05) is 29.9 Å². The fraction of sp³-hybridized carbons (Fsp3) is 0.333. The second-order valence-corrected chi connectivity index (χ2v) is 14.0. The molecule has 0 bridgehead atoms. The molecule has 10 nitrogen and oxygen atoms in total. The first-order chi connectivity index (χ1) is 24.3. The van der Waals surface area contributed by atoms with Crippen LogP contribution in [0.1, 0.15) is 70.4 Å². The van der Waals surface area contributed by atoms with Crippen LogP contribution in [0.25, 0.3) is 22.0 Å². The molecule has 1 amide bonds. The summed E-state index contributed by atoms with van der Waals surface area (Å²) < 4.78 is 10.2. The van der Waals surface area contributed by atoms with Crippen LogP contribution in [0, 0.1) is 33.1 Å². The first-order valence-electron chi connectivity index (χ1n) is 17.0. The summed E-state index contributed by atoms with van der Waals surface area (Å²) in [6.45, 7) is 13.1. The Bertz CT molecular complexity index is 2210. The summed E-state index contributed by atoms with van der Waals surface area (Å²) >= 11 is 13.4. The van der Waals surface area contributed by atoms with E-state index in [0.717, 1.165) is 60.9 Å². The molecule has 6 rings (SSSR count). The number of carbonyl (C=O) groups excluding carboxylic acids is 1. The molecule has 1 aliphatic heterocycles. The lowest BCUT2D eigenvalue weighted by Crippen LogP contribution is -2.43. The number of amides is 1. The molecule has 2 aromatic heterocycles. The van der Waals surface area contributed by atoms with Crippen molar-refractivity contribution in [3.8, 4) is 16.9 Å². The van der Waals surface area contributed by atoms with Crippen LogP contribution >= 0.6 is 23.2 Å². The third kappa shape index (κ3) is 6.25. The molecule has 3 N–H and O–H groups in total. The molecule has 5 aromatic rings. The number of aliphatic carboxylic acids is 1. The Hall–Kier alpha value is -4.80. The van der Waals surface area contributed by atoms with Gasteiger partial charge in [0.15, 0.2) is 0 Å². The highest BCUT2D eigenvalue weighted by atomic mass is 35.5. The Morgan fingerprint density at radius 3 is 2.43 bits per heavy atom. The smallest absolute Gasteiger partial charge is 0.354 e. The van der Waals surface area contributed by atoms with Gasteiger partial charge >= 0.3 is 5.97 Å². The van der Waals surface area contributed by atoms with E-state index in [-0.39, 0.29) is 17.5 Å². The molecule has 0 saturated heterocycles. The van der Waals surface area contributed by atoms with Crippen LogP contribution in [0.5, 0.6) is 5.75 Å². The molecule has 0 spiro atoms. The number of hydrogen-bond acceptors (Lipinski definition) is 6. The SMILES string of the molecule is CCNc1c(C(=N)C(=O)O)cccc1N1C[C@@H](C)n2c(c(CCCOc3cc(C)c(Cl)c(C)c3)c3ccc(Cl)c(-c4c(C)nn(C)c4C)c32)C1=O. The van der Waals surface area contributed by atoms with Crippen molar-refractivity contribution in [3.05, 3.63) is 91.8 Å². The van der Waals surface area contributed by atoms with Crippen LogP contribution in [0.3, 0.4) is 0 Å². The normalized spacial score (nSPS) is 14.3. The lowest BCUT2D eigenvalue weighted by atomic mass is 9.98. The van der Waals surface area contributed by atoms with E-state index in [9.17, 15) is 14.7 Å². The predicted molar refractivity (Wildman–Crippen MR) is 205 cm³/mol. The maximum atomic E-state index is 15.0. The van der Waals surface area contributed by atoms with Gasteiger partial charge in [-0.25, -0.2) is 4.79 Å². The van der Waals surface area contributed by atoms with Crippen molar-refractivity contribution in [1.82, 2.24) is 14.3 Å². The zero-order valence-corrected chi connectivity index (χ0v) is 31.4. The number of nitrogens with zero attached hydrogens (tertiary/aromatic N) is 4. The second kappa shape index (κ2) is 14.1. The van der Waals surface area contributed by atoms with Gasteiger partial charge in [-0.15, -0.1) is 0 Å². The summed E-state index contributed by atoms with van der Waals surface area (Å²) in [5.41, 5.74) is 8.42. The number of hydrogen-bond donors (Lipinski definition) is 3. The lowest BCUT2D eigenvalue weighted by molar-refractivity contribution is -0.129. The number of aromatic nitrogens is 3. The number of benzene rings is 3. The number of carboxylic acids is 1. The van der Waals surface area contributed by atoms with Crippen molar-refractivity contribution < 1.29 is 19.4 Å². The van der Waals surface area contributed by atoms with Crippen LogP contribution in [-0.2, 0) is 18.3 Å². The molecule has 12 heteroatoms. The topological polar surface area (TPSA) is 125 Å². The minimum atomic E-state index is -1.34. The minimum absolute atomic E-state index is 0.197.